The van der Waals surface area contributed by atoms with Crippen molar-refractivity contribution < 1.29 is 14.7 Å². The highest BCUT2D eigenvalue weighted by Crippen LogP contribution is 2.57. The van der Waals surface area contributed by atoms with Crippen molar-refractivity contribution in [1.82, 2.24) is 0 Å². The van der Waals surface area contributed by atoms with E-state index < -0.39 is 17.8 Å². The van der Waals surface area contributed by atoms with Crippen LogP contribution in [0, 0.1) is 23.7 Å². The maximum atomic E-state index is 12.7. The average Bonchev–Trinajstić information content (AvgIpc) is 3.03. The van der Waals surface area contributed by atoms with Crippen LogP contribution in [0.3, 0.4) is 0 Å². The van der Waals surface area contributed by atoms with E-state index in [1.54, 1.807) is 0 Å². The van der Waals surface area contributed by atoms with Gasteiger partial charge in [0.25, 0.3) is 0 Å². The molecule has 0 unspecified atom stereocenters. The Morgan fingerprint density at radius 3 is 2.18 bits per heavy atom. The molecule has 1 aromatic carbocycles. The molecule has 22 heavy (non-hydrogen) atoms. The van der Waals surface area contributed by atoms with Gasteiger partial charge in [-0.25, -0.2) is 0 Å². The summed E-state index contributed by atoms with van der Waals surface area (Å²) in [6.07, 6.45) is 1.80. The number of amides is 1. The first kappa shape index (κ1) is 14.8. The Morgan fingerprint density at radius 1 is 1.05 bits per heavy atom. The van der Waals surface area contributed by atoms with E-state index in [1.165, 1.54) is 11.1 Å². The molecule has 2 saturated carbocycles. The third-order valence-electron chi connectivity index (χ3n) is 5.05. The lowest BCUT2D eigenvalue weighted by Gasteiger charge is -2.26. The number of carboxylic acid groups (broad SMARTS) is 1. The molecule has 0 radical (unpaired) electrons. The summed E-state index contributed by atoms with van der Waals surface area (Å²) in [4.78, 5) is 24.4. The van der Waals surface area contributed by atoms with Crippen LogP contribution in [-0.2, 0) is 9.59 Å². The summed E-state index contributed by atoms with van der Waals surface area (Å²) in [6, 6.07) is 9.24. The van der Waals surface area contributed by atoms with Crippen molar-refractivity contribution in [2.45, 2.75) is 26.7 Å². The van der Waals surface area contributed by atoms with Gasteiger partial charge in [-0.3, -0.25) is 9.59 Å². The Morgan fingerprint density at radius 2 is 1.64 bits per heavy atom. The minimum Gasteiger partial charge on any atom is -0.481 e. The summed E-state index contributed by atoms with van der Waals surface area (Å²) in [5.74, 6) is -1.95. The smallest absolute Gasteiger partial charge is 0.307 e. The number of rotatable bonds is 3. The second kappa shape index (κ2) is 5.59. The molecule has 1 amide bonds. The van der Waals surface area contributed by atoms with E-state index in [0.717, 1.165) is 18.5 Å². The maximum absolute atomic E-state index is 12.7. The van der Waals surface area contributed by atoms with Crippen LogP contribution in [0.2, 0.25) is 0 Å². The third-order valence-corrected chi connectivity index (χ3v) is 5.05. The van der Waals surface area contributed by atoms with Gasteiger partial charge < -0.3 is 10.4 Å². The molecule has 2 N–H and O–H groups in total. The summed E-state index contributed by atoms with van der Waals surface area (Å²) in [6.45, 7) is 4.05. The number of hydrogen-bond acceptors (Lipinski definition) is 2. The van der Waals surface area contributed by atoms with E-state index in [-0.39, 0.29) is 17.7 Å². The van der Waals surface area contributed by atoms with Crippen LogP contribution in [0.1, 0.15) is 26.7 Å². The van der Waals surface area contributed by atoms with Gasteiger partial charge in [-0.1, -0.05) is 29.3 Å². The molecule has 116 valence electrons. The first-order chi connectivity index (χ1) is 10.5. The summed E-state index contributed by atoms with van der Waals surface area (Å²) in [5, 5.41) is 12.5. The second-order valence-corrected chi connectivity index (χ2v) is 6.49. The molecule has 2 aliphatic rings. The van der Waals surface area contributed by atoms with Crippen LogP contribution in [0.5, 0.6) is 0 Å². The Labute approximate surface area is 130 Å². The predicted molar refractivity (Wildman–Crippen MR) is 84.3 cm³/mol. The zero-order valence-corrected chi connectivity index (χ0v) is 12.9. The molecule has 0 heterocycles. The second-order valence-electron chi connectivity index (χ2n) is 6.49. The zero-order valence-electron chi connectivity index (χ0n) is 12.9. The van der Waals surface area contributed by atoms with Gasteiger partial charge in [0.05, 0.1) is 11.8 Å². The van der Waals surface area contributed by atoms with Crippen LogP contribution >= 0.6 is 0 Å². The quantitative estimate of drug-likeness (QED) is 0.841. The molecule has 2 aliphatic carbocycles. The fourth-order valence-corrected chi connectivity index (χ4v) is 4.35. The first-order valence-corrected chi connectivity index (χ1v) is 7.76. The average molecular weight is 299 g/mol. The van der Waals surface area contributed by atoms with Crippen LogP contribution in [-0.4, -0.2) is 17.0 Å². The normalized spacial score (nSPS) is 29.5. The number of carbonyl (C=O) groups is 2. The lowest BCUT2D eigenvalue weighted by atomic mass is 9.78. The van der Waals surface area contributed by atoms with Crippen LogP contribution in [0.25, 0.3) is 0 Å². The first-order valence-electron chi connectivity index (χ1n) is 7.76. The number of anilines is 1. The van der Waals surface area contributed by atoms with Gasteiger partial charge in [0.1, 0.15) is 0 Å². The monoisotopic (exact) mass is 299 g/mol. The third kappa shape index (κ3) is 2.32. The van der Waals surface area contributed by atoms with Crippen LogP contribution in [0.15, 0.2) is 41.5 Å². The highest BCUT2D eigenvalue weighted by atomic mass is 16.4. The van der Waals surface area contributed by atoms with E-state index in [0.29, 0.717) is 0 Å². The predicted octanol–water partition coefficient (Wildman–Crippen LogP) is 3.32. The largest absolute Gasteiger partial charge is 0.481 e. The van der Waals surface area contributed by atoms with Gasteiger partial charge in [-0.05, 0) is 50.7 Å². The number of carboxylic acids is 1. The fraction of sp³-hybridized carbons (Fsp3) is 0.444. The van der Waals surface area contributed by atoms with E-state index in [2.05, 4.69) is 5.32 Å². The molecular weight excluding hydrogens is 278 g/mol. The lowest BCUT2D eigenvalue weighted by molar-refractivity contribution is -0.148. The van der Waals surface area contributed by atoms with E-state index in [9.17, 15) is 14.7 Å². The van der Waals surface area contributed by atoms with Gasteiger partial charge in [0, 0.05) is 5.69 Å². The molecule has 2 fully saturated rings. The molecular formula is C18H21NO3. The van der Waals surface area contributed by atoms with Crippen molar-refractivity contribution in [1.29, 1.82) is 0 Å². The number of benzene rings is 1. The summed E-state index contributed by atoms with van der Waals surface area (Å²) < 4.78 is 0. The minimum absolute atomic E-state index is 0.0269. The number of allylic oxidation sites excluding steroid dienone is 2. The van der Waals surface area contributed by atoms with Crippen LogP contribution < -0.4 is 5.32 Å². The van der Waals surface area contributed by atoms with Crippen molar-refractivity contribution in [3.05, 3.63) is 41.5 Å². The topological polar surface area (TPSA) is 66.4 Å². The zero-order chi connectivity index (χ0) is 15.9. The SMILES string of the molecule is CC(C)=C1[C@H]2CC[C@H]1[C@@H](C(=O)Nc1ccccc1)[C@@H]2C(=O)O. The molecule has 2 bridgehead atoms. The van der Waals surface area contributed by atoms with Gasteiger partial charge in [0.15, 0.2) is 0 Å². The van der Waals surface area contributed by atoms with E-state index in [1.807, 2.05) is 44.2 Å². The summed E-state index contributed by atoms with van der Waals surface area (Å²) in [5.41, 5.74) is 3.10. The number of aliphatic carboxylic acids is 1. The molecule has 0 spiro atoms. The molecule has 0 aliphatic heterocycles. The molecule has 0 saturated heterocycles. The molecule has 4 atom stereocenters. The standard InChI is InChI=1S/C18H21NO3/c1-10(2)14-12-8-9-13(14)16(18(21)22)15(12)17(20)19-11-6-4-3-5-7-11/h3-7,12-13,15-16H,8-9H2,1-2H3,(H,19,20)(H,21,22)/t12-,13-,15-,16-/m1/s1. The Hall–Kier alpha value is -2.10. The number of para-hydroxylation sites is 1. The van der Waals surface area contributed by atoms with Crippen molar-refractivity contribution >= 4 is 17.6 Å². The number of nitrogens with one attached hydrogen (secondary N) is 1. The molecule has 3 rings (SSSR count). The minimum atomic E-state index is -0.848. The summed E-state index contributed by atoms with van der Waals surface area (Å²) in [7, 11) is 0. The molecule has 4 heteroatoms. The van der Waals surface area contributed by atoms with Crippen LogP contribution in [0.4, 0.5) is 5.69 Å². The number of hydrogen-bond donors (Lipinski definition) is 2. The maximum Gasteiger partial charge on any atom is 0.307 e. The van der Waals surface area contributed by atoms with E-state index >= 15 is 0 Å². The highest BCUT2D eigenvalue weighted by molar-refractivity contribution is 5.96. The fourth-order valence-electron chi connectivity index (χ4n) is 4.35. The van der Waals surface area contributed by atoms with E-state index in [4.69, 9.17) is 0 Å². The molecule has 4 nitrogen and oxygen atoms in total. The van der Waals surface area contributed by atoms with Crippen molar-refractivity contribution in [2.24, 2.45) is 23.7 Å². The lowest BCUT2D eigenvalue weighted by Crippen LogP contribution is -2.37. The highest BCUT2D eigenvalue weighted by Gasteiger charge is 2.57. The van der Waals surface area contributed by atoms with Crippen molar-refractivity contribution in [2.75, 3.05) is 5.32 Å². The Kier molecular flexibility index (Phi) is 3.77. The Balaban J connectivity index is 1.90. The number of fused-ring (bicyclic) bond motifs is 2. The summed E-state index contributed by atoms with van der Waals surface area (Å²) >= 11 is 0. The van der Waals surface area contributed by atoms with Gasteiger partial charge in [-0.15, -0.1) is 0 Å². The molecule has 1 aromatic rings. The van der Waals surface area contributed by atoms with Gasteiger partial charge in [-0.2, -0.15) is 0 Å². The van der Waals surface area contributed by atoms with Crippen molar-refractivity contribution in [3.63, 3.8) is 0 Å². The van der Waals surface area contributed by atoms with Gasteiger partial charge in [0.2, 0.25) is 5.91 Å². The molecule has 0 aromatic heterocycles. The van der Waals surface area contributed by atoms with Crippen molar-refractivity contribution in [3.8, 4) is 0 Å². The number of carbonyl (C=O) groups excluding carboxylic acids is 1. The Bertz CT molecular complexity index is 631. The van der Waals surface area contributed by atoms with Gasteiger partial charge >= 0.3 is 5.97 Å².